The van der Waals surface area contributed by atoms with Gasteiger partial charge in [-0.3, -0.25) is 0 Å². The van der Waals surface area contributed by atoms with Crippen molar-refractivity contribution in [2.75, 3.05) is 6.61 Å². The van der Waals surface area contributed by atoms with Gasteiger partial charge in [0.15, 0.2) is 5.84 Å². The molecule has 4 nitrogen and oxygen atoms in total. The predicted molar refractivity (Wildman–Crippen MR) is 67.1 cm³/mol. The minimum atomic E-state index is 0.0546. The van der Waals surface area contributed by atoms with E-state index in [0.717, 1.165) is 17.3 Å². The number of hydrogen-bond acceptors (Lipinski definition) is 3. The lowest BCUT2D eigenvalue weighted by Gasteiger charge is -2.10. The number of nitrogens with two attached hydrogens (primary N) is 1. The Balaban J connectivity index is 2.90. The van der Waals surface area contributed by atoms with Gasteiger partial charge in [-0.2, -0.15) is 0 Å². The minimum absolute atomic E-state index is 0.0546. The molecule has 88 valence electrons. The number of ether oxygens (including phenoxy) is 1. The topological polar surface area (TPSA) is 67.8 Å². The van der Waals surface area contributed by atoms with E-state index in [-0.39, 0.29) is 5.84 Å². The first kappa shape index (κ1) is 12.8. The van der Waals surface area contributed by atoms with Crippen molar-refractivity contribution in [2.45, 2.75) is 19.8 Å². The summed E-state index contributed by atoms with van der Waals surface area (Å²) in [7, 11) is 0. The molecule has 0 aliphatic rings. The Hall–Kier alpha value is -1.23. The third-order valence-corrected chi connectivity index (χ3v) is 2.58. The lowest BCUT2D eigenvalue weighted by molar-refractivity contribution is 0.306. The zero-order valence-electron chi connectivity index (χ0n) is 9.11. The third kappa shape index (κ3) is 3.41. The van der Waals surface area contributed by atoms with Crippen molar-refractivity contribution in [1.29, 1.82) is 0 Å². The van der Waals surface area contributed by atoms with Crippen molar-refractivity contribution in [3.8, 4) is 5.75 Å². The molecule has 0 saturated carbocycles. The predicted octanol–water partition coefficient (Wildman–Crippen LogP) is 2.72. The quantitative estimate of drug-likeness (QED) is 0.288. The van der Waals surface area contributed by atoms with Crippen LogP contribution in [-0.2, 0) is 0 Å². The van der Waals surface area contributed by atoms with Crippen LogP contribution in [-0.4, -0.2) is 17.6 Å². The second kappa shape index (κ2) is 6.37. The van der Waals surface area contributed by atoms with E-state index in [2.05, 4.69) is 28.0 Å². The Bertz CT molecular complexity index is 380. The molecule has 1 aromatic carbocycles. The number of oxime groups is 1. The van der Waals surface area contributed by atoms with E-state index >= 15 is 0 Å². The Labute approximate surface area is 103 Å². The van der Waals surface area contributed by atoms with Gasteiger partial charge in [0.1, 0.15) is 5.75 Å². The van der Waals surface area contributed by atoms with E-state index in [1.165, 1.54) is 0 Å². The average molecular weight is 287 g/mol. The van der Waals surface area contributed by atoms with Crippen LogP contribution in [0.25, 0.3) is 0 Å². The number of unbranched alkanes of at least 4 members (excludes halogenated alkanes) is 1. The van der Waals surface area contributed by atoms with E-state index in [1.54, 1.807) is 6.07 Å². The first-order valence-electron chi connectivity index (χ1n) is 5.09. The number of amidine groups is 1. The largest absolute Gasteiger partial charge is 0.493 e. The molecule has 3 N–H and O–H groups in total. The second-order valence-corrected chi connectivity index (χ2v) is 4.24. The normalized spacial score (nSPS) is 11.5. The first-order chi connectivity index (χ1) is 7.69. The zero-order chi connectivity index (χ0) is 12.0. The van der Waals surface area contributed by atoms with Crippen LogP contribution in [0.4, 0.5) is 0 Å². The number of benzene rings is 1. The molecule has 0 unspecified atom stereocenters. The van der Waals surface area contributed by atoms with Crippen LogP contribution in [0.1, 0.15) is 25.3 Å². The molecule has 0 heterocycles. The van der Waals surface area contributed by atoms with Crippen molar-refractivity contribution in [1.82, 2.24) is 0 Å². The van der Waals surface area contributed by atoms with Gasteiger partial charge in [-0.1, -0.05) is 34.4 Å². The van der Waals surface area contributed by atoms with Crippen molar-refractivity contribution in [3.05, 3.63) is 28.2 Å². The summed E-state index contributed by atoms with van der Waals surface area (Å²) in [6.45, 7) is 2.72. The highest BCUT2D eigenvalue weighted by Crippen LogP contribution is 2.23. The minimum Gasteiger partial charge on any atom is -0.493 e. The van der Waals surface area contributed by atoms with Crippen molar-refractivity contribution in [2.24, 2.45) is 10.9 Å². The molecule has 0 aliphatic heterocycles. The lowest BCUT2D eigenvalue weighted by atomic mass is 10.2. The molecule has 16 heavy (non-hydrogen) atoms. The highest BCUT2D eigenvalue weighted by molar-refractivity contribution is 9.10. The summed E-state index contributed by atoms with van der Waals surface area (Å²) in [5, 5.41) is 11.6. The Morgan fingerprint density at radius 2 is 2.31 bits per heavy atom. The Morgan fingerprint density at radius 1 is 1.56 bits per heavy atom. The molecule has 0 aliphatic carbocycles. The van der Waals surface area contributed by atoms with Crippen molar-refractivity contribution < 1.29 is 9.94 Å². The van der Waals surface area contributed by atoms with Crippen LogP contribution in [0.2, 0.25) is 0 Å². The van der Waals surface area contributed by atoms with Gasteiger partial charge < -0.3 is 15.7 Å². The van der Waals surface area contributed by atoms with Gasteiger partial charge in [0.05, 0.1) is 12.2 Å². The van der Waals surface area contributed by atoms with E-state index in [9.17, 15) is 0 Å². The van der Waals surface area contributed by atoms with E-state index in [1.807, 2.05) is 12.1 Å². The average Bonchev–Trinajstić information content (AvgIpc) is 2.29. The van der Waals surface area contributed by atoms with Crippen LogP contribution in [0.5, 0.6) is 5.75 Å². The molecule has 0 amide bonds. The molecule has 0 fully saturated rings. The van der Waals surface area contributed by atoms with Crippen LogP contribution in [0, 0.1) is 0 Å². The van der Waals surface area contributed by atoms with Gasteiger partial charge in [0, 0.05) is 4.47 Å². The van der Waals surface area contributed by atoms with Crippen LogP contribution in [0.15, 0.2) is 27.8 Å². The number of rotatable bonds is 5. The molecule has 0 saturated heterocycles. The van der Waals surface area contributed by atoms with Gasteiger partial charge in [-0.05, 0) is 24.6 Å². The fourth-order valence-electron chi connectivity index (χ4n) is 1.21. The fraction of sp³-hybridized carbons (Fsp3) is 0.364. The summed E-state index contributed by atoms with van der Waals surface area (Å²) in [6.07, 6.45) is 2.04. The lowest BCUT2D eigenvalue weighted by Crippen LogP contribution is -2.15. The fourth-order valence-corrected chi connectivity index (χ4v) is 1.55. The summed E-state index contributed by atoms with van der Waals surface area (Å²) in [6, 6.07) is 5.38. The molecule has 0 atom stereocenters. The summed E-state index contributed by atoms with van der Waals surface area (Å²) in [5.41, 5.74) is 6.15. The molecule has 0 aromatic heterocycles. The summed E-state index contributed by atoms with van der Waals surface area (Å²) < 4.78 is 6.48. The maximum Gasteiger partial charge on any atom is 0.173 e. The van der Waals surface area contributed by atoms with Crippen LogP contribution >= 0.6 is 15.9 Å². The number of hydrogen-bond donors (Lipinski definition) is 2. The standard InChI is InChI=1S/C11H15BrN2O2/c1-2-3-6-16-10-7-8(12)4-5-9(10)11(13)14-15/h4-5,7,15H,2-3,6H2,1H3,(H2,13,14). The summed E-state index contributed by atoms with van der Waals surface area (Å²) in [4.78, 5) is 0. The molecule has 0 radical (unpaired) electrons. The highest BCUT2D eigenvalue weighted by atomic mass is 79.9. The highest BCUT2D eigenvalue weighted by Gasteiger charge is 2.08. The third-order valence-electron chi connectivity index (χ3n) is 2.08. The van der Waals surface area contributed by atoms with Gasteiger partial charge in [-0.15, -0.1) is 0 Å². The van der Waals surface area contributed by atoms with E-state index < -0.39 is 0 Å². The second-order valence-electron chi connectivity index (χ2n) is 3.33. The Morgan fingerprint density at radius 3 is 2.94 bits per heavy atom. The maximum atomic E-state index is 8.65. The van der Waals surface area contributed by atoms with Crippen LogP contribution in [0.3, 0.4) is 0 Å². The molecule has 1 rings (SSSR count). The zero-order valence-corrected chi connectivity index (χ0v) is 10.7. The van der Waals surface area contributed by atoms with E-state index in [4.69, 9.17) is 15.7 Å². The maximum absolute atomic E-state index is 8.65. The van der Waals surface area contributed by atoms with Crippen molar-refractivity contribution >= 4 is 21.8 Å². The van der Waals surface area contributed by atoms with Gasteiger partial charge in [-0.25, -0.2) is 0 Å². The Kier molecular flexibility index (Phi) is 5.11. The van der Waals surface area contributed by atoms with Gasteiger partial charge in [0.25, 0.3) is 0 Å². The van der Waals surface area contributed by atoms with Crippen molar-refractivity contribution in [3.63, 3.8) is 0 Å². The summed E-state index contributed by atoms with van der Waals surface area (Å²) >= 11 is 3.35. The van der Waals surface area contributed by atoms with Crippen LogP contribution < -0.4 is 10.5 Å². The molecular weight excluding hydrogens is 272 g/mol. The van der Waals surface area contributed by atoms with Gasteiger partial charge >= 0.3 is 0 Å². The SMILES string of the molecule is CCCCOc1cc(Br)ccc1/C(N)=N/O. The molecule has 5 heteroatoms. The van der Waals surface area contributed by atoms with E-state index in [0.29, 0.717) is 17.9 Å². The molecule has 0 bridgehead atoms. The number of halogens is 1. The molecule has 1 aromatic rings. The summed E-state index contributed by atoms with van der Waals surface area (Å²) in [5.74, 6) is 0.678. The smallest absolute Gasteiger partial charge is 0.173 e. The van der Waals surface area contributed by atoms with Gasteiger partial charge in [0.2, 0.25) is 0 Å². The first-order valence-corrected chi connectivity index (χ1v) is 5.88. The monoisotopic (exact) mass is 286 g/mol. The molecular formula is C11H15BrN2O2. The molecule has 0 spiro atoms. The number of nitrogens with zero attached hydrogens (tertiary/aromatic N) is 1.